The Morgan fingerprint density at radius 2 is 1.79 bits per heavy atom. The molecule has 2 bridgehead atoms. The van der Waals surface area contributed by atoms with E-state index in [0.29, 0.717) is 39.8 Å². The summed E-state index contributed by atoms with van der Waals surface area (Å²) in [6.45, 7) is 8.29. The zero-order valence-corrected chi connectivity index (χ0v) is 28.8. The molecule has 3 aliphatic heterocycles. The number of hydrogen-bond acceptors (Lipinski definition) is 12. The Labute approximate surface area is 280 Å². The van der Waals surface area contributed by atoms with E-state index >= 15 is 0 Å². The summed E-state index contributed by atoms with van der Waals surface area (Å²) in [7, 11) is 4.59. The number of aromatic hydroxyl groups is 1. The van der Waals surface area contributed by atoms with Gasteiger partial charge in [0.15, 0.2) is 23.0 Å². The minimum Gasteiger partial charge on any atom is -0.504 e. The van der Waals surface area contributed by atoms with Gasteiger partial charge < -0.3 is 24.1 Å². The Kier molecular flexibility index (Phi) is 9.85. The normalized spacial score (nSPS) is 25.6. The van der Waals surface area contributed by atoms with Gasteiger partial charge in [0.05, 0.1) is 32.4 Å². The standard InChI is InChI=1S/C36H43N3O9/c1-9-11-12-26(40)48-33-19(5)35(46-8)31(42)27-21(33)14-23-29-28-20(30(41)18(4)34(45-7)32(28)43)13-22(38(29)6)24(15-37)39(23)25(27)16-47-36(44)17(3)10-2/h10,22-25,29,42H,9,11-14,16H2,1-8H3/b17-10-/t22-,23+,24+,25+,29+/m1/s1. The van der Waals surface area contributed by atoms with Crippen molar-refractivity contribution in [3.63, 3.8) is 0 Å². The third-order valence-electron chi connectivity index (χ3n) is 10.3. The number of benzene rings is 1. The van der Waals surface area contributed by atoms with Gasteiger partial charge in [-0.3, -0.25) is 24.2 Å². The second-order valence-corrected chi connectivity index (χ2v) is 12.8. The van der Waals surface area contributed by atoms with Crippen molar-refractivity contribution in [3.05, 3.63) is 50.8 Å². The van der Waals surface area contributed by atoms with Crippen molar-refractivity contribution in [1.29, 1.82) is 5.26 Å². The van der Waals surface area contributed by atoms with Crippen molar-refractivity contribution in [3.8, 4) is 23.3 Å². The van der Waals surface area contributed by atoms with Crippen molar-refractivity contribution in [2.24, 2.45) is 0 Å². The minimum absolute atomic E-state index is 0.0214. The number of rotatable bonds is 9. The molecule has 1 aliphatic carbocycles. The summed E-state index contributed by atoms with van der Waals surface area (Å²) in [4.78, 5) is 57.7. The molecule has 1 aromatic carbocycles. The van der Waals surface area contributed by atoms with E-state index in [1.807, 2.05) is 23.8 Å². The first kappa shape index (κ1) is 34.9. The lowest BCUT2D eigenvalue weighted by Gasteiger charge is -2.60. The van der Waals surface area contributed by atoms with Crippen LogP contribution in [-0.4, -0.2) is 90.5 Å². The van der Waals surface area contributed by atoms with Crippen LogP contribution in [0.4, 0.5) is 0 Å². The van der Waals surface area contributed by atoms with E-state index < -0.39 is 47.9 Å². The number of carbonyl (C=O) groups excluding carboxylic acids is 4. The van der Waals surface area contributed by atoms with Gasteiger partial charge in [-0.15, -0.1) is 0 Å². The van der Waals surface area contributed by atoms with Gasteiger partial charge in [0.1, 0.15) is 18.4 Å². The quantitative estimate of drug-likeness (QED) is 0.176. The number of carbonyl (C=O) groups is 4. The monoisotopic (exact) mass is 661 g/mol. The first-order valence-corrected chi connectivity index (χ1v) is 16.3. The van der Waals surface area contributed by atoms with E-state index in [2.05, 4.69) is 6.07 Å². The number of methoxy groups -OCH3 is 2. The molecule has 0 unspecified atom stereocenters. The summed E-state index contributed by atoms with van der Waals surface area (Å²) >= 11 is 0. The Morgan fingerprint density at radius 1 is 1.08 bits per heavy atom. The Morgan fingerprint density at radius 3 is 2.40 bits per heavy atom. The van der Waals surface area contributed by atoms with E-state index in [9.17, 15) is 29.5 Å². The third kappa shape index (κ3) is 5.39. The molecule has 1 saturated heterocycles. The molecule has 5 atom stereocenters. The number of ether oxygens (including phenoxy) is 4. The molecule has 3 heterocycles. The van der Waals surface area contributed by atoms with Crippen molar-refractivity contribution in [1.82, 2.24) is 9.80 Å². The highest BCUT2D eigenvalue weighted by atomic mass is 16.5. The number of fused-ring (bicyclic) bond motifs is 6. The molecule has 0 amide bonds. The fourth-order valence-electron chi connectivity index (χ4n) is 7.81. The number of ketones is 2. The molecule has 12 nitrogen and oxygen atoms in total. The zero-order valence-electron chi connectivity index (χ0n) is 28.8. The lowest BCUT2D eigenvalue weighted by atomic mass is 9.69. The van der Waals surface area contributed by atoms with Crippen LogP contribution in [-0.2, 0) is 35.1 Å². The number of nitriles is 1. The number of unbranched alkanes of at least 4 members (excludes halogenated alkanes) is 1. The van der Waals surface area contributed by atoms with Crippen LogP contribution in [0.5, 0.6) is 17.2 Å². The van der Waals surface area contributed by atoms with Crippen LogP contribution in [0.3, 0.4) is 0 Å². The maximum Gasteiger partial charge on any atom is 0.333 e. The molecule has 256 valence electrons. The molecule has 12 heteroatoms. The number of piperazine rings is 1. The predicted molar refractivity (Wildman–Crippen MR) is 173 cm³/mol. The molecule has 4 aliphatic rings. The third-order valence-corrected chi connectivity index (χ3v) is 10.3. The van der Waals surface area contributed by atoms with Crippen molar-refractivity contribution < 1.29 is 43.2 Å². The van der Waals surface area contributed by atoms with Crippen LogP contribution >= 0.6 is 0 Å². The average molecular weight is 662 g/mol. The number of allylic oxidation sites excluding steroid dienone is 3. The van der Waals surface area contributed by atoms with Crippen LogP contribution in [0.25, 0.3) is 0 Å². The zero-order chi connectivity index (χ0) is 35.2. The highest BCUT2D eigenvalue weighted by Gasteiger charge is 2.59. The van der Waals surface area contributed by atoms with Gasteiger partial charge in [-0.2, -0.15) is 5.26 Å². The smallest absolute Gasteiger partial charge is 0.333 e. The maximum atomic E-state index is 14.1. The van der Waals surface area contributed by atoms with Gasteiger partial charge in [0, 0.05) is 57.5 Å². The Balaban J connectivity index is 1.77. The maximum absolute atomic E-state index is 14.1. The van der Waals surface area contributed by atoms with Crippen molar-refractivity contribution in [2.75, 3.05) is 27.9 Å². The molecule has 1 N–H and O–H groups in total. The number of esters is 2. The number of phenolic OH excluding ortho intramolecular Hbond substituents is 1. The fraction of sp³-hybridized carbons (Fsp3) is 0.528. The summed E-state index contributed by atoms with van der Waals surface area (Å²) in [5.74, 6) is -1.65. The largest absolute Gasteiger partial charge is 0.504 e. The van der Waals surface area contributed by atoms with Crippen LogP contribution in [0.1, 0.15) is 76.1 Å². The summed E-state index contributed by atoms with van der Waals surface area (Å²) < 4.78 is 22.9. The summed E-state index contributed by atoms with van der Waals surface area (Å²) in [5.41, 5.74) is 2.46. The second kappa shape index (κ2) is 13.6. The van der Waals surface area contributed by atoms with Gasteiger partial charge in [0.2, 0.25) is 5.78 Å². The average Bonchev–Trinajstić information content (AvgIpc) is 3.07. The molecule has 0 radical (unpaired) electrons. The first-order chi connectivity index (χ1) is 22.9. The Bertz CT molecular complexity index is 1720. The Hall–Kier alpha value is -4.47. The van der Waals surface area contributed by atoms with Crippen LogP contribution < -0.4 is 9.47 Å². The van der Waals surface area contributed by atoms with E-state index in [-0.39, 0.29) is 60.2 Å². The summed E-state index contributed by atoms with van der Waals surface area (Å²) in [6.07, 6.45) is 3.48. The molecule has 5 rings (SSSR count). The molecule has 48 heavy (non-hydrogen) atoms. The van der Waals surface area contributed by atoms with E-state index in [1.54, 1.807) is 33.8 Å². The van der Waals surface area contributed by atoms with Gasteiger partial charge in [0.25, 0.3) is 0 Å². The van der Waals surface area contributed by atoms with Crippen molar-refractivity contribution >= 4 is 23.5 Å². The SMILES string of the molecule is C/C=C(/C)C(=O)OC[C@H]1c2c(O)c(OC)c(C)c(OC(=O)CCCC)c2C[C@H]2[C@H]3C4=C(C[C@H]([C@H](C#N)N12)N3C)C(=O)C(C)=C(OC)C4=O. The molecule has 1 aromatic rings. The van der Waals surface area contributed by atoms with Gasteiger partial charge in [-0.1, -0.05) is 19.4 Å². The van der Waals surface area contributed by atoms with Gasteiger partial charge in [-0.05, 0) is 54.0 Å². The lowest BCUT2D eigenvalue weighted by Crippen LogP contribution is -2.72. The number of hydrogen-bond donors (Lipinski definition) is 1. The molecule has 0 aromatic heterocycles. The second-order valence-electron chi connectivity index (χ2n) is 12.8. The van der Waals surface area contributed by atoms with Crippen molar-refractivity contribution in [2.45, 2.75) is 96.9 Å². The molecular formula is C36H43N3O9. The molecular weight excluding hydrogens is 618 g/mol. The number of phenols is 1. The first-order valence-electron chi connectivity index (χ1n) is 16.3. The molecule has 0 spiro atoms. The van der Waals surface area contributed by atoms with E-state index in [0.717, 1.165) is 6.42 Å². The molecule has 0 saturated carbocycles. The van der Waals surface area contributed by atoms with E-state index in [4.69, 9.17) is 18.9 Å². The van der Waals surface area contributed by atoms with E-state index in [1.165, 1.54) is 14.2 Å². The number of nitrogens with zero attached hydrogens (tertiary/aromatic N) is 3. The lowest BCUT2D eigenvalue weighted by molar-refractivity contribution is -0.144. The summed E-state index contributed by atoms with van der Waals surface area (Å²) in [5, 5.41) is 22.6. The predicted octanol–water partition coefficient (Wildman–Crippen LogP) is 3.93. The minimum atomic E-state index is -0.908. The highest BCUT2D eigenvalue weighted by Crippen LogP contribution is 2.55. The number of likely N-dealkylation sites (N-methyl/N-ethyl adjacent to an activating group) is 1. The van der Waals surface area contributed by atoms with Crippen LogP contribution in [0.15, 0.2) is 34.1 Å². The number of Topliss-reactive ketones (excluding diaryl/α,β-unsaturated/α-hetero) is 2. The van der Waals surface area contributed by atoms with Gasteiger partial charge >= 0.3 is 11.9 Å². The van der Waals surface area contributed by atoms with Crippen LogP contribution in [0.2, 0.25) is 0 Å². The van der Waals surface area contributed by atoms with Gasteiger partial charge in [-0.25, -0.2) is 4.79 Å². The molecule has 1 fully saturated rings. The topological polar surface area (TPSA) is 156 Å². The highest BCUT2D eigenvalue weighted by molar-refractivity contribution is 6.25. The summed E-state index contributed by atoms with van der Waals surface area (Å²) in [6, 6.07) is -1.16. The van der Waals surface area contributed by atoms with Crippen LogP contribution in [0, 0.1) is 18.3 Å². The fourth-order valence-corrected chi connectivity index (χ4v) is 7.81.